The first-order valence-electron chi connectivity index (χ1n) is 7.15. The molecule has 0 aliphatic rings. The molecule has 0 spiro atoms. The Morgan fingerprint density at radius 2 is 1.64 bits per heavy atom. The average molecular weight is 341 g/mol. The summed E-state index contributed by atoms with van der Waals surface area (Å²) in [6.07, 6.45) is 0.972. The molecule has 2 aromatic rings. The van der Waals surface area contributed by atoms with Gasteiger partial charge in [-0.25, -0.2) is 8.78 Å². The normalized spacial score (nSPS) is 10.7. The zero-order valence-electron chi connectivity index (χ0n) is 13.1. The van der Waals surface area contributed by atoms with Gasteiger partial charge in [-0.1, -0.05) is 12.1 Å². The van der Waals surface area contributed by atoms with Gasteiger partial charge in [-0.2, -0.15) is 5.26 Å². The molecule has 0 saturated heterocycles. The van der Waals surface area contributed by atoms with Crippen LogP contribution in [0.1, 0.15) is 12.5 Å². The molecule has 2 aromatic carbocycles. The highest BCUT2D eigenvalue weighted by Crippen LogP contribution is 2.17. The van der Waals surface area contributed by atoms with E-state index in [1.165, 1.54) is 31.2 Å². The van der Waals surface area contributed by atoms with Crippen LogP contribution in [0.5, 0.6) is 0 Å². The Bertz CT molecular complexity index is 884. The quantitative estimate of drug-likeness (QED) is 0.660. The number of benzene rings is 2. The summed E-state index contributed by atoms with van der Waals surface area (Å²) < 4.78 is 26.8. The van der Waals surface area contributed by atoms with Crippen molar-refractivity contribution in [2.75, 3.05) is 10.6 Å². The Hall–Kier alpha value is -3.53. The van der Waals surface area contributed by atoms with Crippen LogP contribution in [0.4, 0.5) is 20.2 Å². The number of nitrogens with zero attached hydrogens (tertiary/aromatic N) is 1. The Labute approximate surface area is 142 Å². The van der Waals surface area contributed by atoms with Crippen molar-refractivity contribution >= 4 is 29.3 Å². The molecule has 0 aromatic heterocycles. The molecule has 5 nitrogen and oxygen atoms in total. The van der Waals surface area contributed by atoms with Crippen LogP contribution < -0.4 is 10.6 Å². The van der Waals surface area contributed by atoms with Gasteiger partial charge >= 0.3 is 0 Å². The topological polar surface area (TPSA) is 82.0 Å². The third kappa shape index (κ3) is 4.72. The molecular formula is C18H13F2N3O2. The average Bonchev–Trinajstić information content (AvgIpc) is 2.57. The second-order valence-electron chi connectivity index (χ2n) is 5.03. The van der Waals surface area contributed by atoms with Crippen molar-refractivity contribution in [3.8, 4) is 6.07 Å². The van der Waals surface area contributed by atoms with Gasteiger partial charge in [0.05, 0.1) is 0 Å². The molecule has 0 fully saturated rings. The zero-order valence-corrected chi connectivity index (χ0v) is 13.1. The van der Waals surface area contributed by atoms with Crippen molar-refractivity contribution in [3.63, 3.8) is 0 Å². The maximum Gasteiger partial charge on any atom is 0.266 e. The van der Waals surface area contributed by atoms with Crippen LogP contribution in [0.2, 0.25) is 0 Å². The summed E-state index contributed by atoms with van der Waals surface area (Å²) in [6, 6.07) is 11.3. The highest BCUT2D eigenvalue weighted by Gasteiger charge is 2.12. The lowest BCUT2D eigenvalue weighted by Crippen LogP contribution is -2.13. The molecule has 25 heavy (non-hydrogen) atoms. The number of hydrogen-bond donors (Lipinski definition) is 2. The molecule has 2 rings (SSSR count). The van der Waals surface area contributed by atoms with E-state index in [9.17, 15) is 18.4 Å². The molecule has 2 N–H and O–H groups in total. The monoisotopic (exact) mass is 341 g/mol. The fourth-order valence-corrected chi connectivity index (χ4v) is 1.97. The van der Waals surface area contributed by atoms with Crippen molar-refractivity contribution in [3.05, 3.63) is 65.2 Å². The summed E-state index contributed by atoms with van der Waals surface area (Å²) in [5.41, 5.74) is 0.339. The van der Waals surface area contributed by atoms with Crippen molar-refractivity contribution in [2.45, 2.75) is 6.92 Å². The van der Waals surface area contributed by atoms with Gasteiger partial charge in [0.1, 0.15) is 11.6 Å². The van der Waals surface area contributed by atoms with E-state index >= 15 is 0 Å². The fourth-order valence-electron chi connectivity index (χ4n) is 1.97. The van der Waals surface area contributed by atoms with Gasteiger partial charge in [-0.15, -0.1) is 0 Å². The number of nitriles is 1. The molecular weight excluding hydrogens is 328 g/mol. The van der Waals surface area contributed by atoms with Crippen LogP contribution in [0.15, 0.2) is 48.0 Å². The standard InChI is InChI=1S/C18H13F2N3O2/c1-11(24)22-14-5-7-15(8-6-14)23-18(25)13(10-21)9-12-3-2-4-16(19)17(12)20/h2-9H,1H3,(H,22,24)(H,23,25)/b13-9-. The van der Waals surface area contributed by atoms with Gasteiger partial charge in [0, 0.05) is 23.9 Å². The number of halogens is 2. The third-order valence-corrected chi connectivity index (χ3v) is 3.11. The zero-order chi connectivity index (χ0) is 18.4. The Kier molecular flexibility index (Phi) is 5.58. The predicted octanol–water partition coefficient (Wildman–Crippen LogP) is 3.47. The van der Waals surface area contributed by atoms with Gasteiger partial charge in [0.25, 0.3) is 5.91 Å². The molecule has 0 bridgehead atoms. The van der Waals surface area contributed by atoms with Crippen LogP contribution in [0.25, 0.3) is 6.08 Å². The largest absolute Gasteiger partial charge is 0.326 e. The Morgan fingerprint density at radius 1 is 1.04 bits per heavy atom. The van der Waals surface area contributed by atoms with E-state index < -0.39 is 17.5 Å². The minimum absolute atomic E-state index is 0.201. The maximum absolute atomic E-state index is 13.6. The minimum atomic E-state index is -1.14. The summed E-state index contributed by atoms with van der Waals surface area (Å²) in [4.78, 5) is 23.1. The van der Waals surface area contributed by atoms with Crippen LogP contribution >= 0.6 is 0 Å². The molecule has 0 aliphatic carbocycles. The summed E-state index contributed by atoms with van der Waals surface area (Å²) in [5, 5.41) is 14.1. The number of hydrogen-bond acceptors (Lipinski definition) is 3. The lowest BCUT2D eigenvalue weighted by atomic mass is 10.1. The lowest BCUT2D eigenvalue weighted by Gasteiger charge is -2.06. The van der Waals surface area contributed by atoms with Gasteiger partial charge in [0.2, 0.25) is 5.91 Å². The molecule has 126 valence electrons. The van der Waals surface area contributed by atoms with Crippen LogP contribution in [0, 0.1) is 23.0 Å². The molecule has 0 aliphatic heterocycles. The van der Waals surface area contributed by atoms with Crippen molar-refractivity contribution < 1.29 is 18.4 Å². The fraction of sp³-hybridized carbons (Fsp3) is 0.0556. The van der Waals surface area contributed by atoms with E-state index in [1.54, 1.807) is 18.2 Å². The van der Waals surface area contributed by atoms with Crippen LogP contribution in [-0.4, -0.2) is 11.8 Å². The number of nitrogens with one attached hydrogen (secondary N) is 2. The maximum atomic E-state index is 13.6. The molecule has 7 heteroatoms. The molecule has 0 atom stereocenters. The summed E-state index contributed by atoms with van der Waals surface area (Å²) >= 11 is 0. The Morgan fingerprint density at radius 3 is 2.20 bits per heavy atom. The lowest BCUT2D eigenvalue weighted by molar-refractivity contribution is -0.114. The first-order valence-corrected chi connectivity index (χ1v) is 7.15. The smallest absolute Gasteiger partial charge is 0.266 e. The third-order valence-electron chi connectivity index (χ3n) is 3.11. The number of carbonyl (C=O) groups excluding carboxylic acids is 2. The second kappa shape index (κ2) is 7.84. The SMILES string of the molecule is CC(=O)Nc1ccc(NC(=O)/C(C#N)=C\c2cccc(F)c2F)cc1. The second-order valence-corrected chi connectivity index (χ2v) is 5.03. The van der Waals surface area contributed by atoms with Crippen molar-refractivity contribution in [2.24, 2.45) is 0 Å². The molecule has 0 radical (unpaired) electrons. The van der Waals surface area contributed by atoms with E-state index in [0.717, 1.165) is 12.1 Å². The van der Waals surface area contributed by atoms with Gasteiger partial charge in [0.15, 0.2) is 11.6 Å². The number of carbonyl (C=O) groups is 2. The number of rotatable bonds is 4. The van der Waals surface area contributed by atoms with Gasteiger partial charge in [-0.05, 0) is 36.4 Å². The highest BCUT2D eigenvalue weighted by atomic mass is 19.2. The number of amides is 2. The van der Waals surface area contributed by atoms with Crippen molar-refractivity contribution in [1.29, 1.82) is 5.26 Å². The first kappa shape index (κ1) is 17.8. The van der Waals surface area contributed by atoms with E-state index in [4.69, 9.17) is 5.26 Å². The summed E-state index contributed by atoms with van der Waals surface area (Å²) in [7, 11) is 0. The van der Waals surface area contributed by atoms with E-state index in [2.05, 4.69) is 10.6 Å². The molecule has 0 saturated carbocycles. The molecule has 0 unspecified atom stereocenters. The van der Waals surface area contributed by atoms with Crippen molar-refractivity contribution in [1.82, 2.24) is 0 Å². The Balaban J connectivity index is 2.17. The highest BCUT2D eigenvalue weighted by molar-refractivity contribution is 6.09. The first-order chi connectivity index (χ1) is 11.9. The predicted molar refractivity (Wildman–Crippen MR) is 89.3 cm³/mol. The number of anilines is 2. The molecule has 2 amide bonds. The van der Waals surface area contributed by atoms with Gasteiger partial charge < -0.3 is 10.6 Å². The van der Waals surface area contributed by atoms with Gasteiger partial charge in [-0.3, -0.25) is 9.59 Å². The molecule has 0 heterocycles. The summed E-state index contributed by atoms with van der Waals surface area (Å²) in [5.74, 6) is -3.20. The van der Waals surface area contributed by atoms with E-state index in [0.29, 0.717) is 11.4 Å². The van der Waals surface area contributed by atoms with Crippen LogP contribution in [0.3, 0.4) is 0 Å². The van der Waals surface area contributed by atoms with Crippen LogP contribution in [-0.2, 0) is 9.59 Å². The summed E-state index contributed by atoms with van der Waals surface area (Å²) in [6.45, 7) is 1.37. The minimum Gasteiger partial charge on any atom is -0.326 e. The van der Waals surface area contributed by atoms with E-state index in [1.807, 2.05) is 0 Å². The van der Waals surface area contributed by atoms with E-state index in [-0.39, 0.29) is 17.0 Å².